The summed E-state index contributed by atoms with van der Waals surface area (Å²) in [6.45, 7) is 2.38. The first-order chi connectivity index (χ1) is 14.4. The smallest absolute Gasteiger partial charge is 0.239 e. The van der Waals surface area contributed by atoms with Gasteiger partial charge in [-0.3, -0.25) is 9.59 Å². The van der Waals surface area contributed by atoms with Gasteiger partial charge in [-0.05, 0) is 69.0 Å². The van der Waals surface area contributed by atoms with Gasteiger partial charge in [0.2, 0.25) is 11.8 Å². The van der Waals surface area contributed by atoms with Gasteiger partial charge in [-0.15, -0.1) is 0 Å². The number of hydrogen-bond acceptors (Lipinski definition) is 3. The molecule has 1 aliphatic rings. The molecular formula is C23H25ClN4O2. The van der Waals surface area contributed by atoms with Crippen molar-refractivity contribution in [3.63, 3.8) is 0 Å². The highest BCUT2D eigenvalue weighted by molar-refractivity contribution is 6.30. The number of nitrogens with one attached hydrogen (secondary N) is 1. The fourth-order valence-corrected chi connectivity index (χ4v) is 3.94. The van der Waals surface area contributed by atoms with Crippen molar-refractivity contribution in [1.82, 2.24) is 9.47 Å². The van der Waals surface area contributed by atoms with Gasteiger partial charge >= 0.3 is 0 Å². The van der Waals surface area contributed by atoms with E-state index in [9.17, 15) is 9.59 Å². The summed E-state index contributed by atoms with van der Waals surface area (Å²) in [6.07, 6.45) is 2.56. The summed E-state index contributed by atoms with van der Waals surface area (Å²) in [5, 5.41) is 4.60. The molecule has 4 rings (SSSR count). The number of amides is 2. The van der Waals surface area contributed by atoms with E-state index in [0.29, 0.717) is 23.7 Å². The van der Waals surface area contributed by atoms with Crippen LogP contribution >= 0.6 is 11.6 Å². The van der Waals surface area contributed by atoms with Crippen molar-refractivity contribution in [2.75, 3.05) is 37.4 Å². The number of fused-ring (bicyclic) bond motifs is 1. The van der Waals surface area contributed by atoms with Crippen LogP contribution in [0.25, 0.3) is 10.9 Å². The van der Waals surface area contributed by atoms with Crippen LogP contribution in [0, 0.1) is 5.92 Å². The van der Waals surface area contributed by atoms with Crippen LogP contribution < -0.4 is 10.2 Å². The van der Waals surface area contributed by atoms with Crippen LogP contribution in [0.2, 0.25) is 5.02 Å². The summed E-state index contributed by atoms with van der Waals surface area (Å²) in [5.41, 5.74) is 2.59. The number of rotatable bonds is 6. The first-order valence-electron chi connectivity index (χ1n) is 10.0. The van der Waals surface area contributed by atoms with Crippen LogP contribution in [0.3, 0.4) is 0 Å². The summed E-state index contributed by atoms with van der Waals surface area (Å²) < 4.78 is 2.20. The quantitative estimate of drug-likeness (QED) is 0.611. The third kappa shape index (κ3) is 4.20. The van der Waals surface area contributed by atoms with E-state index in [2.05, 4.69) is 35.1 Å². The molecule has 30 heavy (non-hydrogen) atoms. The van der Waals surface area contributed by atoms with Gasteiger partial charge in [-0.2, -0.15) is 0 Å². The lowest BCUT2D eigenvalue weighted by Gasteiger charge is -2.17. The Morgan fingerprint density at radius 1 is 1.17 bits per heavy atom. The van der Waals surface area contributed by atoms with Crippen LogP contribution in [0.1, 0.15) is 6.42 Å². The molecule has 0 spiro atoms. The second-order valence-corrected chi connectivity index (χ2v) is 8.32. The Labute approximate surface area is 181 Å². The molecule has 1 saturated heterocycles. The Kier molecular flexibility index (Phi) is 5.79. The van der Waals surface area contributed by atoms with E-state index in [4.69, 9.17) is 11.6 Å². The highest BCUT2D eigenvalue weighted by Crippen LogP contribution is 2.28. The molecule has 156 valence electrons. The normalized spacial score (nSPS) is 16.6. The van der Waals surface area contributed by atoms with Gasteiger partial charge in [-0.25, -0.2) is 0 Å². The SMILES string of the molecule is CN(C)CCn1ccc2cc(NC(=O)C3CCN(c4ccc(Cl)cc4)C3=O)ccc21. The molecule has 6 nitrogen and oxygen atoms in total. The molecule has 0 saturated carbocycles. The minimum Gasteiger partial charge on any atom is -0.346 e. The number of nitrogens with zero attached hydrogens (tertiary/aromatic N) is 3. The largest absolute Gasteiger partial charge is 0.346 e. The van der Waals surface area contributed by atoms with Crippen molar-refractivity contribution in [2.24, 2.45) is 5.92 Å². The maximum atomic E-state index is 12.8. The van der Waals surface area contributed by atoms with E-state index >= 15 is 0 Å². The zero-order chi connectivity index (χ0) is 21.3. The predicted molar refractivity (Wildman–Crippen MR) is 121 cm³/mol. The Hall–Kier alpha value is -2.83. The molecule has 2 heterocycles. The van der Waals surface area contributed by atoms with E-state index < -0.39 is 5.92 Å². The minimum absolute atomic E-state index is 0.175. The van der Waals surface area contributed by atoms with Crippen LogP contribution in [0.5, 0.6) is 0 Å². The molecule has 3 aromatic rings. The van der Waals surface area contributed by atoms with Gasteiger partial charge < -0.3 is 19.7 Å². The molecule has 1 aromatic heterocycles. The first-order valence-corrected chi connectivity index (χ1v) is 10.4. The fourth-order valence-electron chi connectivity index (χ4n) is 3.81. The second kappa shape index (κ2) is 8.50. The number of hydrogen-bond donors (Lipinski definition) is 1. The standard InChI is InChI=1S/C23H25ClN4O2/c1-26(2)13-14-27-11-9-16-15-18(5-8-21(16)27)25-22(29)20-10-12-28(23(20)30)19-6-3-17(24)4-7-19/h3-9,11,15,20H,10,12-14H2,1-2H3,(H,25,29). The van der Waals surface area contributed by atoms with Crippen molar-refractivity contribution < 1.29 is 9.59 Å². The van der Waals surface area contributed by atoms with E-state index in [1.165, 1.54) is 0 Å². The van der Waals surface area contributed by atoms with Crippen LogP contribution in [0.4, 0.5) is 11.4 Å². The Morgan fingerprint density at radius 3 is 2.67 bits per heavy atom. The number of halogens is 1. The topological polar surface area (TPSA) is 57.6 Å². The van der Waals surface area contributed by atoms with Crippen molar-refractivity contribution in [1.29, 1.82) is 0 Å². The Morgan fingerprint density at radius 2 is 1.93 bits per heavy atom. The molecular weight excluding hydrogens is 400 g/mol. The fraction of sp³-hybridized carbons (Fsp3) is 0.304. The van der Waals surface area contributed by atoms with Gasteiger partial charge in [-0.1, -0.05) is 11.6 Å². The molecule has 1 unspecified atom stereocenters. The average molecular weight is 425 g/mol. The lowest BCUT2D eigenvalue weighted by atomic mass is 10.1. The molecule has 2 amide bonds. The zero-order valence-electron chi connectivity index (χ0n) is 17.1. The molecule has 0 aliphatic carbocycles. The summed E-state index contributed by atoms with van der Waals surface area (Å²) in [7, 11) is 4.11. The number of anilines is 2. The van der Waals surface area contributed by atoms with Crippen molar-refractivity contribution in [2.45, 2.75) is 13.0 Å². The molecule has 1 atom stereocenters. The lowest BCUT2D eigenvalue weighted by molar-refractivity contribution is -0.129. The third-order valence-corrected chi connectivity index (χ3v) is 5.74. The molecule has 2 aromatic carbocycles. The molecule has 0 bridgehead atoms. The summed E-state index contributed by atoms with van der Waals surface area (Å²) >= 11 is 5.93. The van der Waals surface area contributed by atoms with Gasteiger partial charge in [0.05, 0.1) is 0 Å². The number of aromatic nitrogens is 1. The van der Waals surface area contributed by atoms with Gasteiger partial charge in [0, 0.05) is 53.1 Å². The molecule has 1 fully saturated rings. The summed E-state index contributed by atoms with van der Waals surface area (Å²) in [6, 6.07) is 15.0. The highest BCUT2D eigenvalue weighted by atomic mass is 35.5. The number of carbonyl (C=O) groups is 2. The van der Waals surface area contributed by atoms with Crippen molar-refractivity contribution in [3.05, 3.63) is 59.8 Å². The third-order valence-electron chi connectivity index (χ3n) is 5.49. The second-order valence-electron chi connectivity index (χ2n) is 7.88. The van der Waals surface area contributed by atoms with Gasteiger partial charge in [0.1, 0.15) is 5.92 Å². The van der Waals surface area contributed by atoms with E-state index in [1.807, 2.05) is 24.3 Å². The maximum Gasteiger partial charge on any atom is 0.239 e. The van der Waals surface area contributed by atoms with E-state index in [0.717, 1.165) is 29.7 Å². The van der Waals surface area contributed by atoms with Crippen LogP contribution in [-0.2, 0) is 16.1 Å². The average Bonchev–Trinajstić information content (AvgIpc) is 3.30. The van der Waals surface area contributed by atoms with E-state index in [-0.39, 0.29) is 11.8 Å². The molecule has 7 heteroatoms. The monoisotopic (exact) mass is 424 g/mol. The predicted octanol–water partition coefficient (Wildman–Crippen LogP) is 3.85. The number of benzene rings is 2. The molecule has 1 aliphatic heterocycles. The van der Waals surface area contributed by atoms with Crippen molar-refractivity contribution in [3.8, 4) is 0 Å². The maximum absolute atomic E-state index is 12.8. The lowest BCUT2D eigenvalue weighted by Crippen LogP contribution is -2.33. The zero-order valence-corrected chi connectivity index (χ0v) is 17.9. The van der Waals surface area contributed by atoms with Crippen LogP contribution in [0.15, 0.2) is 54.7 Å². The summed E-state index contributed by atoms with van der Waals surface area (Å²) in [5.74, 6) is -1.12. The van der Waals surface area contributed by atoms with Gasteiger partial charge in [0.15, 0.2) is 0 Å². The Bertz CT molecular complexity index is 1070. The Balaban J connectivity index is 1.44. The highest BCUT2D eigenvalue weighted by Gasteiger charge is 2.37. The summed E-state index contributed by atoms with van der Waals surface area (Å²) in [4.78, 5) is 29.4. The van der Waals surface area contributed by atoms with Crippen LogP contribution in [-0.4, -0.2) is 48.5 Å². The van der Waals surface area contributed by atoms with Crippen molar-refractivity contribution >= 4 is 45.7 Å². The van der Waals surface area contributed by atoms with E-state index in [1.54, 1.807) is 29.2 Å². The number of carbonyl (C=O) groups excluding carboxylic acids is 2. The van der Waals surface area contributed by atoms with Gasteiger partial charge in [0.25, 0.3) is 0 Å². The number of likely N-dealkylation sites (N-methyl/N-ethyl adjacent to an activating group) is 1. The minimum atomic E-state index is -0.680. The molecule has 0 radical (unpaired) electrons. The first kappa shape index (κ1) is 20.4. The molecule has 1 N–H and O–H groups in total.